The first kappa shape index (κ1) is 15.3. The van der Waals surface area contributed by atoms with Crippen molar-refractivity contribution in [1.82, 2.24) is 19.9 Å². The van der Waals surface area contributed by atoms with Crippen LogP contribution in [0.3, 0.4) is 0 Å². The van der Waals surface area contributed by atoms with Crippen molar-refractivity contribution in [3.8, 4) is 6.07 Å². The summed E-state index contributed by atoms with van der Waals surface area (Å²) >= 11 is 0. The summed E-state index contributed by atoms with van der Waals surface area (Å²) in [6, 6.07) is 12.3. The Hall–Kier alpha value is -3.24. The quantitative estimate of drug-likeness (QED) is 0.789. The Labute approximate surface area is 143 Å². The van der Waals surface area contributed by atoms with Crippen molar-refractivity contribution in [3.63, 3.8) is 0 Å². The number of benzene rings is 1. The lowest BCUT2D eigenvalue weighted by atomic mass is 10.1. The molecule has 7 heteroatoms. The highest BCUT2D eigenvalue weighted by atomic mass is 16.5. The highest BCUT2D eigenvalue weighted by Gasteiger charge is 2.25. The molecular formula is C18H15N5O2. The number of fused-ring (bicyclic) bond motifs is 3. The van der Waals surface area contributed by atoms with Crippen LogP contribution >= 0.6 is 0 Å². The Kier molecular flexibility index (Phi) is 3.88. The van der Waals surface area contributed by atoms with Crippen LogP contribution in [-0.2, 0) is 11.3 Å². The van der Waals surface area contributed by atoms with Gasteiger partial charge in [-0.05, 0) is 36.4 Å². The van der Waals surface area contributed by atoms with E-state index in [-0.39, 0.29) is 11.9 Å². The maximum Gasteiger partial charge on any atom is 0.251 e. The molecular weight excluding hydrogens is 318 g/mol. The van der Waals surface area contributed by atoms with Gasteiger partial charge >= 0.3 is 0 Å². The highest BCUT2D eigenvalue weighted by molar-refractivity contribution is 5.94. The van der Waals surface area contributed by atoms with Gasteiger partial charge in [0, 0.05) is 18.3 Å². The van der Waals surface area contributed by atoms with E-state index < -0.39 is 0 Å². The molecule has 0 unspecified atom stereocenters. The summed E-state index contributed by atoms with van der Waals surface area (Å²) in [6.07, 6.45) is 1.74. The summed E-state index contributed by atoms with van der Waals surface area (Å²) in [5.41, 5.74) is 2.67. The molecule has 3 aromatic rings. The molecule has 4 rings (SSSR count). The van der Waals surface area contributed by atoms with Gasteiger partial charge in [0.05, 0.1) is 24.3 Å². The molecule has 124 valence electrons. The molecule has 0 saturated heterocycles. The summed E-state index contributed by atoms with van der Waals surface area (Å²) in [5.74, 6) is 0.631. The Bertz CT molecular complexity index is 971. The third-order valence-corrected chi connectivity index (χ3v) is 4.20. The molecule has 0 radical (unpaired) electrons. The lowest BCUT2D eigenvalue weighted by molar-refractivity contribution is 0.0551. The third kappa shape index (κ3) is 2.84. The molecule has 0 aliphatic carbocycles. The summed E-state index contributed by atoms with van der Waals surface area (Å²) in [6.45, 7) is 1.34. The van der Waals surface area contributed by atoms with Crippen molar-refractivity contribution in [2.24, 2.45) is 0 Å². The molecule has 2 aromatic heterocycles. The van der Waals surface area contributed by atoms with E-state index in [9.17, 15) is 4.79 Å². The van der Waals surface area contributed by atoms with E-state index in [4.69, 9.17) is 10.00 Å². The number of imidazole rings is 1. The smallest absolute Gasteiger partial charge is 0.251 e. The number of nitrogens with one attached hydrogen (secondary N) is 1. The van der Waals surface area contributed by atoms with Gasteiger partial charge in [0.2, 0.25) is 0 Å². The van der Waals surface area contributed by atoms with Crippen LogP contribution in [0.25, 0.3) is 11.2 Å². The maximum absolute atomic E-state index is 12.3. The summed E-state index contributed by atoms with van der Waals surface area (Å²) in [5, 5.41) is 11.7. The van der Waals surface area contributed by atoms with Crippen LogP contribution in [0.1, 0.15) is 27.8 Å². The van der Waals surface area contributed by atoms with Gasteiger partial charge in [-0.1, -0.05) is 0 Å². The number of pyridine rings is 1. The fourth-order valence-corrected chi connectivity index (χ4v) is 2.98. The molecule has 1 aromatic carbocycles. The number of nitrogens with zero attached hydrogens (tertiary/aromatic N) is 4. The van der Waals surface area contributed by atoms with E-state index in [0.29, 0.717) is 30.9 Å². The molecule has 1 amide bonds. The van der Waals surface area contributed by atoms with Gasteiger partial charge in [0.15, 0.2) is 5.65 Å². The molecule has 7 nitrogen and oxygen atoms in total. The molecule has 25 heavy (non-hydrogen) atoms. The number of nitriles is 1. The molecule has 0 saturated carbocycles. The van der Waals surface area contributed by atoms with Crippen molar-refractivity contribution in [3.05, 3.63) is 59.5 Å². The number of ether oxygens (including phenoxy) is 1. The average Bonchev–Trinajstić information content (AvgIpc) is 3.05. The SMILES string of the molecule is N#Cc1ccc(C(=O)NC[C@H]2COCc3nc4cccnc4n32)cc1. The summed E-state index contributed by atoms with van der Waals surface area (Å²) in [7, 11) is 0. The number of amides is 1. The predicted octanol–water partition coefficient (Wildman–Crippen LogP) is 1.80. The van der Waals surface area contributed by atoms with Crippen LogP contribution < -0.4 is 5.32 Å². The molecule has 0 bridgehead atoms. The van der Waals surface area contributed by atoms with Crippen LogP contribution in [-0.4, -0.2) is 33.6 Å². The average molecular weight is 333 g/mol. The Morgan fingerprint density at radius 1 is 1.36 bits per heavy atom. The number of hydrogen-bond donors (Lipinski definition) is 1. The van der Waals surface area contributed by atoms with E-state index >= 15 is 0 Å². The van der Waals surface area contributed by atoms with E-state index in [0.717, 1.165) is 17.0 Å². The monoisotopic (exact) mass is 333 g/mol. The first-order valence-electron chi connectivity index (χ1n) is 7.94. The maximum atomic E-state index is 12.3. The molecule has 1 atom stereocenters. The second-order valence-corrected chi connectivity index (χ2v) is 5.81. The number of rotatable bonds is 3. The van der Waals surface area contributed by atoms with Crippen LogP contribution in [0.2, 0.25) is 0 Å². The van der Waals surface area contributed by atoms with E-state index in [1.165, 1.54) is 0 Å². The van der Waals surface area contributed by atoms with Gasteiger partial charge in [-0.2, -0.15) is 5.26 Å². The first-order chi connectivity index (χ1) is 12.3. The van der Waals surface area contributed by atoms with Gasteiger partial charge in [-0.25, -0.2) is 9.97 Å². The first-order valence-corrected chi connectivity index (χ1v) is 7.94. The summed E-state index contributed by atoms with van der Waals surface area (Å²) in [4.78, 5) is 21.3. The minimum absolute atomic E-state index is 0.0639. The zero-order valence-corrected chi connectivity index (χ0v) is 13.3. The molecule has 1 aliphatic rings. The van der Waals surface area contributed by atoms with Crippen molar-refractivity contribution >= 4 is 17.1 Å². The second kappa shape index (κ2) is 6.34. The minimum atomic E-state index is -0.186. The number of hydrogen-bond acceptors (Lipinski definition) is 5. The third-order valence-electron chi connectivity index (χ3n) is 4.20. The second-order valence-electron chi connectivity index (χ2n) is 5.81. The van der Waals surface area contributed by atoms with Crippen molar-refractivity contribution in [2.45, 2.75) is 12.6 Å². The predicted molar refractivity (Wildman–Crippen MR) is 89.7 cm³/mol. The van der Waals surface area contributed by atoms with Crippen molar-refractivity contribution in [2.75, 3.05) is 13.2 Å². The zero-order valence-electron chi connectivity index (χ0n) is 13.3. The number of aromatic nitrogens is 3. The van der Waals surface area contributed by atoms with Gasteiger partial charge in [-0.15, -0.1) is 0 Å². The van der Waals surface area contributed by atoms with Crippen molar-refractivity contribution in [1.29, 1.82) is 5.26 Å². The zero-order chi connectivity index (χ0) is 17.2. The Morgan fingerprint density at radius 2 is 2.20 bits per heavy atom. The summed E-state index contributed by atoms with van der Waals surface area (Å²) < 4.78 is 7.65. The highest BCUT2D eigenvalue weighted by Crippen LogP contribution is 2.24. The lowest BCUT2D eigenvalue weighted by Gasteiger charge is -2.25. The Morgan fingerprint density at radius 3 is 3.00 bits per heavy atom. The van der Waals surface area contributed by atoms with Gasteiger partial charge in [-0.3, -0.25) is 4.79 Å². The molecule has 3 heterocycles. The number of carbonyl (C=O) groups excluding carboxylic acids is 1. The molecule has 1 aliphatic heterocycles. The standard InChI is InChI=1S/C18H15N5O2/c19-8-12-3-5-13(6-4-12)18(24)21-9-14-10-25-11-16-22-15-2-1-7-20-17(15)23(14)16/h1-7,14H,9-11H2,(H,21,24)/t14-/m0/s1. The topological polar surface area (TPSA) is 92.8 Å². The molecule has 0 spiro atoms. The fraction of sp³-hybridized carbons (Fsp3) is 0.222. The van der Waals surface area contributed by atoms with E-state index in [1.807, 2.05) is 22.8 Å². The normalized spacial score (nSPS) is 16.2. The molecule has 0 fully saturated rings. The van der Waals surface area contributed by atoms with Gasteiger partial charge in [0.1, 0.15) is 17.9 Å². The van der Waals surface area contributed by atoms with Crippen LogP contribution in [0, 0.1) is 11.3 Å². The van der Waals surface area contributed by atoms with Gasteiger partial charge in [0.25, 0.3) is 5.91 Å². The number of carbonyl (C=O) groups is 1. The van der Waals surface area contributed by atoms with Crippen LogP contribution in [0.15, 0.2) is 42.6 Å². The van der Waals surface area contributed by atoms with Crippen LogP contribution in [0.4, 0.5) is 0 Å². The molecule has 1 N–H and O–H groups in total. The largest absolute Gasteiger partial charge is 0.371 e. The van der Waals surface area contributed by atoms with Crippen LogP contribution in [0.5, 0.6) is 0 Å². The van der Waals surface area contributed by atoms with Gasteiger partial charge < -0.3 is 14.6 Å². The van der Waals surface area contributed by atoms with Crippen molar-refractivity contribution < 1.29 is 9.53 Å². The Balaban J connectivity index is 1.52. The minimum Gasteiger partial charge on any atom is -0.371 e. The van der Waals surface area contributed by atoms with E-state index in [1.54, 1.807) is 30.5 Å². The van der Waals surface area contributed by atoms with E-state index in [2.05, 4.69) is 15.3 Å². The fourth-order valence-electron chi connectivity index (χ4n) is 2.98. The lowest BCUT2D eigenvalue weighted by Crippen LogP contribution is -2.35.